The van der Waals surface area contributed by atoms with E-state index >= 15 is 0 Å². The molecule has 8 heteroatoms. The molecule has 1 aromatic heterocycles. The van der Waals surface area contributed by atoms with Crippen LogP contribution in [-0.4, -0.2) is 22.2 Å². The molecule has 0 bridgehead atoms. The summed E-state index contributed by atoms with van der Waals surface area (Å²) in [7, 11) is 0. The summed E-state index contributed by atoms with van der Waals surface area (Å²) >= 11 is 0. The van der Waals surface area contributed by atoms with Gasteiger partial charge in [0.2, 0.25) is 18.0 Å². The maximum atomic E-state index is 12.7. The van der Waals surface area contributed by atoms with Gasteiger partial charge in [-0.3, -0.25) is 9.59 Å². The maximum absolute atomic E-state index is 12.7. The first-order valence-electron chi connectivity index (χ1n) is 6.48. The SMILES string of the molecule is Cc1cccc2c1-c1c(C)nc(C(F)(F)F)nc1C2=O.NC=O. The molecule has 0 radical (unpaired) electrons. The number of carbonyl (C=O) groups is 2. The minimum atomic E-state index is -4.66. The summed E-state index contributed by atoms with van der Waals surface area (Å²) in [5, 5.41) is 0. The lowest BCUT2D eigenvalue weighted by molar-refractivity contribution is -0.145. The summed E-state index contributed by atoms with van der Waals surface area (Å²) in [5.74, 6) is -1.75. The van der Waals surface area contributed by atoms with Crippen LogP contribution in [0, 0.1) is 13.8 Å². The summed E-state index contributed by atoms with van der Waals surface area (Å²) in [5.41, 5.74) is 6.44. The summed E-state index contributed by atoms with van der Waals surface area (Å²) in [6.07, 6.45) is -4.41. The van der Waals surface area contributed by atoms with E-state index in [-0.39, 0.29) is 17.8 Å². The van der Waals surface area contributed by atoms with E-state index in [9.17, 15) is 18.0 Å². The highest BCUT2D eigenvalue weighted by Gasteiger charge is 2.39. The van der Waals surface area contributed by atoms with Crippen molar-refractivity contribution in [3.63, 3.8) is 0 Å². The van der Waals surface area contributed by atoms with Gasteiger partial charge in [0, 0.05) is 16.8 Å². The number of fused-ring (bicyclic) bond motifs is 3. The third-order valence-corrected chi connectivity index (χ3v) is 3.33. The molecular weight excluding hydrogens is 311 g/mol. The fourth-order valence-electron chi connectivity index (χ4n) is 2.48. The van der Waals surface area contributed by atoms with Crippen molar-refractivity contribution in [2.45, 2.75) is 20.0 Å². The van der Waals surface area contributed by atoms with Crippen molar-refractivity contribution in [1.29, 1.82) is 0 Å². The number of amides is 1. The molecule has 120 valence electrons. The molecule has 0 fully saturated rings. The highest BCUT2D eigenvalue weighted by Crippen LogP contribution is 2.40. The molecule has 1 heterocycles. The third-order valence-electron chi connectivity index (χ3n) is 3.33. The van der Waals surface area contributed by atoms with Crippen molar-refractivity contribution in [1.82, 2.24) is 9.97 Å². The fourth-order valence-corrected chi connectivity index (χ4v) is 2.48. The van der Waals surface area contributed by atoms with Gasteiger partial charge in [-0.05, 0) is 25.0 Å². The lowest BCUT2D eigenvalue weighted by atomic mass is 10.0. The fraction of sp³-hybridized carbons (Fsp3) is 0.200. The number of nitrogens with zero attached hydrogens (tertiary/aromatic N) is 2. The molecule has 0 saturated carbocycles. The van der Waals surface area contributed by atoms with Crippen LogP contribution in [0.4, 0.5) is 13.2 Å². The molecule has 1 aliphatic carbocycles. The van der Waals surface area contributed by atoms with E-state index in [1.165, 1.54) is 6.92 Å². The number of nitrogens with two attached hydrogens (primary N) is 1. The third kappa shape index (κ3) is 2.79. The Kier molecular flexibility index (Phi) is 4.18. The number of ketones is 1. The highest BCUT2D eigenvalue weighted by atomic mass is 19.4. The lowest BCUT2D eigenvalue weighted by Crippen LogP contribution is -2.15. The van der Waals surface area contributed by atoms with Gasteiger partial charge in [0.05, 0.1) is 0 Å². The van der Waals surface area contributed by atoms with Crippen molar-refractivity contribution in [3.05, 3.63) is 46.5 Å². The van der Waals surface area contributed by atoms with E-state index in [2.05, 4.69) is 15.7 Å². The van der Waals surface area contributed by atoms with Gasteiger partial charge in [0.25, 0.3) is 0 Å². The summed E-state index contributed by atoms with van der Waals surface area (Å²) in [4.78, 5) is 27.7. The number of primary amides is 1. The van der Waals surface area contributed by atoms with E-state index in [1.54, 1.807) is 25.1 Å². The molecule has 2 N–H and O–H groups in total. The minimum absolute atomic E-state index is 0.158. The number of rotatable bonds is 0. The van der Waals surface area contributed by atoms with Crippen LogP contribution in [0.2, 0.25) is 0 Å². The quantitative estimate of drug-likeness (QED) is 0.644. The first kappa shape index (κ1) is 16.6. The Bertz CT molecular complexity index is 801. The molecule has 1 aromatic carbocycles. The zero-order valence-electron chi connectivity index (χ0n) is 12.2. The normalized spacial score (nSPS) is 12.1. The molecule has 3 rings (SSSR count). The molecule has 1 amide bonds. The number of hydrogen-bond acceptors (Lipinski definition) is 4. The summed E-state index contributed by atoms with van der Waals surface area (Å²) in [6, 6.07) is 5.10. The standard InChI is InChI=1S/C14H9F3N2O.CH3NO/c1-6-4-3-5-8-9(6)10-7(2)18-13(14(15,16)17)19-11(10)12(8)20;2-1-3/h3-5H,1-2H3;1H,(H2,2,3). The van der Waals surface area contributed by atoms with Gasteiger partial charge < -0.3 is 5.73 Å². The minimum Gasteiger partial charge on any atom is -0.372 e. The largest absolute Gasteiger partial charge is 0.451 e. The summed E-state index contributed by atoms with van der Waals surface area (Å²) in [6.45, 7) is 3.27. The van der Waals surface area contributed by atoms with Gasteiger partial charge >= 0.3 is 6.18 Å². The van der Waals surface area contributed by atoms with Crippen LogP contribution in [-0.2, 0) is 11.0 Å². The molecule has 0 atom stereocenters. The molecule has 0 unspecified atom stereocenters. The molecular formula is C15H12F3N3O2. The first-order chi connectivity index (χ1) is 10.7. The zero-order valence-corrected chi connectivity index (χ0v) is 12.2. The van der Waals surface area contributed by atoms with Crippen molar-refractivity contribution < 1.29 is 22.8 Å². The van der Waals surface area contributed by atoms with Gasteiger partial charge in [0.15, 0.2) is 0 Å². The van der Waals surface area contributed by atoms with E-state index in [4.69, 9.17) is 4.79 Å². The first-order valence-corrected chi connectivity index (χ1v) is 6.48. The Labute approximate surface area is 129 Å². The molecule has 0 spiro atoms. The average Bonchev–Trinajstić information content (AvgIpc) is 2.74. The van der Waals surface area contributed by atoms with E-state index in [0.717, 1.165) is 5.56 Å². The molecule has 2 aromatic rings. The summed E-state index contributed by atoms with van der Waals surface area (Å²) < 4.78 is 38.2. The Hall–Kier alpha value is -2.77. The Morgan fingerprint density at radius 2 is 1.74 bits per heavy atom. The second-order valence-corrected chi connectivity index (χ2v) is 4.82. The van der Waals surface area contributed by atoms with Crippen molar-refractivity contribution in [2.24, 2.45) is 5.73 Å². The van der Waals surface area contributed by atoms with Crippen LogP contribution < -0.4 is 5.73 Å². The van der Waals surface area contributed by atoms with Crippen molar-refractivity contribution >= 4 is 12.2 Å². The van der Waals surface area contributed by atoms with Crippen LogP contribution in [0.15, 0.2) is 18.2 Å². The second kappa shape index (κ2) is 5.79. The van der Waals surface area contributed by atoms with Gasteiger partial charge in [-0.15, -0.1) is 0 Å². The van der Waals surface area contributed by atoms with Crippen LogP contribution in [0.25, 0.3) is 11.1 Å². The Morgan fingerprint density at radius 1 is 1.13 bits per heavy atom. The molecule has 1 aliphatic rings. The average molecular weight is 323 g/mol. The number of benzene rings is 1. The lowest BCUT2D eigenvalue weighted by Gasteiger charge is -2.10. The van der Waals surface area contributed by atoms with Gasteiger partial charge in [-0.2, -0.15) is 13.2 Å². The van der Waals surface area contributed by atoms with E-state index in [0.29, 0.717) is 16.7 Å². The predicted molar refractivity (Wildman–Crippen MR) is 75.6 cm³/mol. The molecule has 0 aliphatic heterocycles. The van der Waals surface area contributed by atoms with E-state index < -0.39 is 17.8 Å². The second-order valence-electron chi connectivity index (χ2n) is 4.82. The molecule has 0 saturated heterocycles. The van der Waals surface area contributed by atoms with Gasteiger partial charge in [0.1, 0.15) is 5.69 Å². The maximum Gasteiger partial charge on any atom is 0.451 e. The Balaban J connectivity index is 0.000000595. The van der Waals surface area contributed by atoms with Crippen molar-refractivity contribution in [3.8, 4) is 11.1 Å². The number of hydrogen-bond donors (Lipinski definition) is 1. The van der Waals surface area contributed by atoms with E-state index in [1.807, 2.05) is 0 Å². The van der Waals surface area contributed by atoms with Crippen LogP contribution >= 0.6 is 0 Å². The smallest absolute Gasteiger partial charge is 0.372 e. The zero-order chi connectivity index (χ0) is 17.4. The van der Waals surface area contributed by atoms with Crippen LogP contribution in [0.3, 0.4) is 0 Å². The number of carbonyl (C=O) groups excluding carboxylic acids is 2. The highest BCUT2D eigenvalue weighted by molar-refractivity contribution is 6.21. The van der Waals surface area contributed by atoms with Crippen LogP contribution in [0.1, 0.15) is 33.1 Å². The number of alkyl halides is 3. The number of aryl methyl sites for hydroxylation is 2. The number of halogens is 3. The topological polar surface area (TPSA) is 85.9 Å². The monoisotopic (exact) mass is 323 g/mol. The van der Waals surface area contributed by atoms with Crippen molar-refractivity contribution in [2.75, 3.05) is 0 Å². The number of aromatic nitrogens is 2. The molecule has 23 heavy (non-hydrogen) atoms. The molecule has 5 nitrogen and oxygen atoms in total. The van der Waals surface area contributed by atoms with Gasteiger partial charge in [-0.1, -0.05) is 18.2 Å². The van der Waals surface area contributed by atoms with Gasteiger partial charge in [-0.25, -0.2) is 9.97 Å². The van der Waals surface area contributed by atoms with Crippen LogP contribution in [0.5, 0.6) is 0 Å². The predicted octanol–water partition coefficient (Wildman–Crippen LogP) is 2.43. The Morgan fingerprint density at radius 3 is 2.30 bits per heavy atom.